The Morgan fingerprint density at radius 1 is 1.05 bits per heavy atom. The Hall–Kier alpha value is -0.693. The third kappa shape index (κ3) is 7.46. The lowest BCUT2D eigenvalue weighted by Crippen LogP contribution is -2.51. The molecule has 5 nitrogen and oxygen atoms in total. The van der Waals surface area contributed by atoms with Crippen LogP contribution in [0, 0.1) is 0 Å². The van der Waals surface area contributed by atoms with E-state index in [9.17, 15) is 4.79 Å². The molecule has 0 unspecified atom stereocenters. The summed E-state index contributed by atoms with van der Waals surface area (Å²) in [6, 6.07) is 0. The van der Waals surface area contributed by atoms with Crippen LogP contribution in [-0.2, 0) is 22.5 Å². The molecule has 0 N–H and O–H groups in total. The number of hydrogen-bond acceptors (Lipinski definition) is 5. The second-order valence-corrected chi connectivity index (χ2v) is 6.16. The molecule has 0 aliphatic carbocycles. The van der Waals surface area contributed by atoms with Crippen LogP contribution < -0.4 is 0 Å². The van der Waals surface area contributed by atoms with Crippen molar-refractivity contribution in [2.75, 3.05) is 19.8 Å². The van der Waals surface area contributed by atoms with Crippen LogP contribution in [0.2, 0.25) is 0 Å². The van der Waals surface area contributed by atoms with Gasteiger partial charge in [-0.3, -0.25) is 0 Å². The van der Waals surface area contributed by atoms with Crippen LogP contribution in [0.3, 0.4) is 0 Å². The molecule has 0 saturated heterocycles. The highest BCUT2D eigenvalue weighted by Crippen LogP contribution is 2.15. The summed E-state index contributed by atoms with van der Waals surface area (Å²) in [6.45, 7) is 12.0. The molecule has 112 valence electrons. The summed E-state index contributed by atoms with van der Waals surface area (Å²) in [5, 5.41) is 0. The average Bonchev–Trinajstić information content (AvgIpc) is 2.35. The van der Waals surface area contributed by atoms with Gasteiger partial charge in [0.15, 0.2) is 0 Å². The molecule has 0 rings (SSSR count). The summed E-state index contributed by atoms with van der Waals surface area (Å²) in [5.74, 6) is -0.538. The first-order chi connectivity index (χ1) is 9.01. The number of carbonyl (C=O) groups is 1. The van der Waals surface area contributed by atoms with Crippen LogP contribution in [0.4, 0.5) is 0 Å². The van der Waals surface area contributed by atoms with Gasteiger partial charge in [0, 0.05) is 25.4 Å². The van der Waals surface area contributed by atoms with Gasteiger partial charge in [-0.25, -0.2) is 4.79 Å². The fraction of sp³-hybridized carbons (Fsp3) is 0.769. The highest BCUT2D eigenvalue weighted by Gasteiger charge is 2.49. The number of hydrogen-bond donors (Lipinski definition) is 0. The molecule has 0 saturated carbocycles. The van der Waals surface area contributed by atoms with E-state index in [1.54, 1.807) is 6.92 Å². The molecule has 0 aromatic heterocycles. The minimum Gasteiger partial charge on any atom is -0.448 e. The molecule has 0 atom stereocenters. The van der Waals surface area contributed by atoms with E-state index in [2.05, 4.69) is 13.5 Å². The SMILES string of the molecule is C=C(C)C(=O)O[Si](OCC)(OCC)OCCCCC. The Kier molecular flexibility index (Phi) is 9.77. The molecular formula is C13H26O5Si. The zero-order valence-electron chi connectivity index (χ0n) is 12.5. The van der Waals surface area contributed by atoms with Crippen molar-refractivity contribution in [3.05, 3.63) is 12.2 Å². The fourth-order valence-electron chi connectivity index (χ4n) is 1.32. The van der Waals surface area contributed by atoms with Crippen molar-refractivity contribution in [3.8, 4) is 0 Å². The molecule has 0 heterocycles. The lowest BCUT2D eigenvalue weighted by Gasteiger charge is -2.26. The lowest BCUT2D eigenvalue weighted by atomic mass is 10.3. The first-order valence-electron chi connectivity index (χ1n) is 6.82. The van der Waals surface area contributed by atoms with Gasteiger partial charge in [-0.05, 0) is 27.2 Å². The first-order valence-corrected chi connectivity index (χ1v) is 8.45. The van der Waals surface area contributed by atoms with E-state index in [1.807, 2.05) is 13.8 Å². The molecule has 0 aliphatic heterocycles. The van der Waals surface area contributed by atoms with Crippen LogP contribution in [0.25, 0.3) is 0 Å². The molecule has 0 spiro atoms. The van der Waals surface area contributed by atoms with Crippen molar-refractivity contribution in [3.63, 3.8) is 0 Å². The zero-order valence-corrected chi connectivity index (χ0v) is 13.5. The Bertz CT molecular complexity index is 274. The third-order valence-electron chi connectivity index (χ3n) is 2.24. The van der Waals surface area contributed by atoms with Gasteiger partial charge in [-0.1, -0.05) is 26.3 Å². The van der Waals surface area contributed by atoms with Gasteiger partial charge in [0.1, 0.15) is 0 Å². The van der Waals surface area contributed by atoms with E-state index in [4.69, 9.17) is 17.7 Å². The Labute approximate surface area is 117 Å². The number of rotatable bonds is 11. The molecule has 0 aromatic carbocycles. The quantitative estimate of drug-likeness (QED) is 0.333. The summed E-state index contributed by atoms with van der Waals surface area (Å²) in [4.78, 5) is 11.7. The molecule has 6 heteroatoms. The predicted octanol–water partition coefficient (Wildman–Crippen LogP) is 2.82. The van der Waals surface area contributed by atoms with E-state index < -0.39 is 15.0 Å². The van der Waals surface area contributed by atoms with Crippen molar-refractivity contribution in [2.24, 2.45) is 0 Å². The predicted molar refractivity (Wildman–Crippen MR) is 75.4 cm³/mol. The molecule has 0 radical (unpaired) electrons. The van der Waals surface area contributed by atoms with Crippen LogP contribution in [0.5, 0.6) is 0 Å². The molecule has 0 aliphatic rings. The van der Waals surface area contributed by atoms with Gasteiger partial charge in [-0.15, -0.1) is 0 Å². The number of carbonyl (C=O) groups excluding carboxylic acids is 1. The maximum atomic E-state index is 11.7. The summed E-state index contributed by atoms with van der Waals surface area (Å²) in [6.07, 6.45) is 3.03. The standard InChI is InChI=1S/C13H26O5Si/c1-6-9-10-11-17-19(15-7-2,16-8-3)18-13(14)12(4)5/h4,6-11H2,1-3,5H3. The van der Waals surface area contributed by atoms with E-state index in [-0.39, 0.29) is 0 Å². The Balaban J connectivity index is 4.65. The van der Waals surface area contributed by atoms with Crippen molar-refractivity contribution in [2.45, 2.75) is 47.0 Å². The second-order valence-electron chi connectivity index (χ2n) is 4.09. The van der Waals surface area contributed by atoms with Crippen molar-refractivity contribution in [1.82, 2.24) is 0 Å². The maximum Gasteiger partial charge on any atom is 0.751 e. The van der Waals surface area contributed by atoms with E-state index in [0.29, 0.717) is 25.4 Å². The second kappa shape index (κ2) is 10.1. The molecule has 0 amide bonds. The molecule has 19 heavy (non-hydrogen) atoms. The molecule has 0 bridgehead atoms. The van der Waals surface area contributed by atoms with Gasteiger partial charge in [0.05, 0.1) is 0 Å². The third-order valence-corrected chi connectivity index (χ3v) is 4.51. The van der Waals surface area contributed by atoms with Crippen LogP contribution in [0.15, 0.2) is 12.2 Å². The Morgan fingerprint density at radius 2 is 1.63 bits per heavy atom. The fourth-order valence-corrected chi connectivity index (χ4v) is 3.25. The normalized spacial score (nSPS) is 11.4. The van der Waals surface area contributed by atoms with Gasteiger partial charge in [0.2, 0.25) is 0 Å². The minimum atomic E-state index is -3.38. The van der Waals surface area contributed by atoms with E-state index in [0.717, 1.165) is 19.3 Å². The largest absolute Gasteiger partial charge is 0.751 e. The van der Waals surface area contributed by atoms with Gasteiger partial charge in [-0.2, -0.15) is 0 Å². The smallest absolute Gasteiger partial charge is 0.448 e. The highest BCUT2D eigenvalue weighted by molar-refractivity contribution is 6.55. The van der Waals surface area contributed by atoms with Crippen LogP contribution in [-0.4, -0.2) is 34.8 Å². The van der Waals surface area contributed by atoms with E-state index in [1.165, 1.54) is 0 Å². The first kappa shape index (κ1) is 18.3. The van der Waals surface area contributed by atoms with E-state index >= 15 is 0 Å². The Morgan fingerprint density at radius 3 is 2.05 bits per heavy atom. The molecular weight excluding hydrogens is 264 g/mol. The molecule has 0 fully saturated rings. The zero-order chi connectivity index (χ0) is 14.7. The van der Waals surface area contributed by atoms with Crippen LogP contribution >= 0.6 is 0 Å². The number of unbranched alkanes of at least 4 members (excludes halogenated alkanes) is 2. The summed E-state index contributed by atoms with van der Waals surface area (Å²) >= 11 is 0. The van der Waals surface area contributed by atoms with Gasteiger partial charge >= 0.3 is 15.0 Å². The summed E-state index contributed by atoms with van der Waals surface area (Å²) in [5.41, 5.74) is 0.299. The summed E-state index contributed by atoms with van der Waals surface area (Å²) < 4.78 is 21.9. The van der Waals surface area contributed by atoms with Crippen molar-refractivity contribution >= 4 is 15.0 Å². The average molecular weight is 290 g/mol. The molecule has 0 aromatic rings. The maximum absolute atomic E-state index is 11.7. The van der Waals surface area contributed by atoms with Crippen molar-refractivity contribution < 1.29 is 22.5 Å². The van der Waals surface area contributed by atoms with Gasteiger partial charge < -0.3 is 17.7 Å². The van der Waals surface area contributed by atoms with Crippen molar-refractivity contribution in [1.29, 1.82) is 0 Å². The van der Waals surface area contributed by atoms with Gasteiger partial charge in [0.25, 0.3) is 0 Å². The monoisotopic (exact) mass is 290 g/mol. The summed E-state index contributed by atoms with van der Waals surface area (Å²) in [7, 11) is -3.38. The minimum absolute atomic E-state index is 0.299. The topological polar surface area (TPSA) is 54.0 Å². The van der Waals surface area contributed by atoms with Crippen LogP contribution in [0.1, 0.15) is 47.0 Å². The highest BCUT2D eigenvalue weighted by atomic mass is 28.4. The lowest BCUT2D eigenvalue weighted by molar-refractivity contribution is -0.140.